The number of aliphatic carboxylic acids is 1. The van der Waals surface area contributed by atoms with Crippen molar-refractivity contribution in [2.45, 2.75) is 6.92 Å². The zero-order valence-corrected chi connectivity index (χ0v) is 7.08. The van der Waals surface area contributed by atoms with Gasteiger partial charge in [-0.3, -0.25) is 4.79 Å². The van der Waals surface area contributed by atoms with Gasteiger partial charge < -0.3 is 16.6 Å². The molecule has 0 unspecified atom stereocenters. The number of nitrogens with zero attached hydrogens (tertiary/aromatic N) is 1. The van der Waals surface area contributed by atoms with Gasteiger partial charge in [-0.05, 0) is 0 Å². The predicted molar refractivity (Wildman–Crippen MR) is 42.2 cm³/mol. The van der Waals surface area contributed by atoms with Gasteiger partial charge in [0.25, 0.3) is 5.97 Å². The fourth-order valence-electron chi connectivity index (χ4n) is 0.147. The van der Waals surface area contributed by atoms with E-state index in [0.29, 0.717) is 0 Å². The first-order valence-corrected chi connectivity index (χ1v) is 3.98. The molecule has 0 aromatic carbocycles. The Morgan fingerprint density at radius 2 is 1.67 bits per heavy atom. The van der Waals surface area contributed by atoms with Crippen molar-refractivity contribution >= 4 is 22.1 Å². The Labute approximate surface area is 69.2 Å². The second-order valence-electron chi connectivity index (χ2n) is 1.55. The number of rotatable bonds is 1. The van der Waals surface area contributed by atoms with E-state index < -0.39 is 22.1 Å². The Hall–Kier alpha value is -1.35. The van der Waals surface area contributed by atoms with Crippen molar-refractivity contribution in [1.29, 1.82) is 0 Å². The molecule has 8 nitrogen and oxygen atoms in total. The molecule has 0 saturated heterocycles. The Morgan fingerprint density at radius 3 is 1.67 bits per heavy atom. The average Bonchev–Trinajstić information content (AvgIpc) is 1.52. The lowest BCUT2D eigenvalue weighted by Crippen LogP contribution is -2.26. The molecule has 0 heterocycles. The van der Waals surface area contributed by atoms with Crippen LogP contribution >= 0.6 is 0 Å². The molecule has 0 atom stereocenters. The summed E-state index contributed by atoms with van der Waals surface area (Å²) in [5.74, 6) is -1.40. The Kier molecular flexibility index (Phi) is 5.88. The van der Waals surface area contributed by atoms with Crippen LogP contribution in [0.2, 0.25) is 0 Å². The zero-order chi connectivity index (χ0) is 10.4. The van der Waals surface area contributed by atoms with E-state index in [2.05, 4.69) is 21.0 Å². The molecule has 72 valence electrons. The lowest BCUT2D eigenvalue weighted by atomic mass is 10.9. The molecule has 0 aromatic rings. The molecule has 0 aliphatic carbocycles. The summed E-state index contributed by atoms with van der Waals surface area (Å²) in [6.45, 7) is 1.08. The van der Waals surface area contributed by atoms with Gasteiger partial charge in [-0.1, -0.05) is 0 Å². The van der Waals surface area contributed by atoms with Crippen LogP contribution < -0.4 is 16.6 Å². The molecule has 0 aliphatic heterocycles. The molecule has 0 saturated carbocycles. The van der Waals surface area contributed by atoms with Gasteiger partial charge in [0.05, 0.1) is 0 Å². The quantitative estimate of drug-likeness (QED) is 0.270. The molecule has 0 aromatic heterocycles. The fraction of sp³-hybridized carbons (Fsp3) is 0.333. The summed E-state index contributed by atoms with van der Waals surface area (Å²) in [7, 11) is -3.89. The number of carboxylic acids is 1. The number of nitrogens with two attached hydrogens (primary N) is 3. The van der Waals surface area contributed by atoms with Crippen molar-refractivity contribution in [3.63, 3.8) is 0 Å². The van der Waals surface area contributed by atoms with Crippen molar-refractivity contribution in [2.24, 2.45) is 21.0 Å². The van der Waals surface area contributed by atoms with Crippen LogP contribution in [-0.4, -0.2) is 25.5 Å². The average molecular weight is 198 g/mol. The molecule has 0 spiro atoms. The molecule has 0 amide bonds. The minimum atomic E-state index is -3.89. The molecule has 0 aliphatic rings. The molecule has 7 N–H and O–H groups in total. The third-order valence-electron chi connectivity index (χ3n) is 0.233. The molecule has 0 radical (unpaired) electrons. The number of guanidine groups is 1. The standard InChI is InChI=1S/C2H4O2.CH6N4O2S/c1-2(3)4;2-1(3)5-8(4,6)7/h1H3,(H,3,4);(H4,2,3,5)(H2,4,6,7). The second kappa shape index (κ2) is 5.32. The summed E-state index contributed by atoms with van der Waals surface area (Å²) in [6.07, 6.45) is 0. The van der Waals surface area contributed by atoms with Crippen molar-refractivity contribution in [2.75, 3.05) is 0 Å². The van der Waals surface area contributed by atoms with Crippen LogP contribution in [0.3, 0.4) is 0 Å². The van der Waals surface area contributed by atoms with Crippen molar-refractivity contribution < 1.29 is 18.3 Å². The largest absolute Gasteiger partial charge is 0.481 e. The van der Waals surface area contributed by atoms with Crippen LogP contribution in [0.25, 0.3) is 0 Å². The Balaban J connectivity index is 0. The first kappa shape index (κ1) is 13.3. The number of hydrogen-bond donors (Lipinski definition) is 4. The van der Waals surface area contributed by atoms with Crippen LogP contribution in [-0.2, 0) is 15.0 Å². The van der Waals surface area contributed by atoms with E-state index in [1.807, 2.05) is 0 Å². The van der Waals surface area contributed by atoms with Crippen LogP contribution in [0.15, 0.2) is 4.40 Å². The topological polar surface area (TPSA) is 162 Å². The minimum absolute atomic E-state index is 0.562. The predicted octanol–water partition coefficient (Wildman–Crippen LogP) is -2.45. The van der Waals surface area contributed by atoms with Gasteiger partial charge in [0, 0.05) is 6.92 Å². The number of carboxylic acid groups (broad SMARTS) is 1. The van der Waals surface area contributed by atoms with Gasteiger partial charge in [0.15, 0.2) is 0 Å². The molecule has 0 bridgehead atoms. The van der Waals surface area contributed by atoms with Crippen LogP contribution in [0.1, 0.15) is 6.92 Å². The van der Waals surface area contributed by atoms with Crippen LogP contribution in [0.5, 0.6) is 0 Å². The monoisotopic (exact) mass is 198 g/mol. The highest BCUT2D eigenvalue weighted by molar-refractivity contribution is 7.88. The summed E-state index contributed by atoms with van der Waals surface area (Å²) in [5, 5.41) is 11.8. The zero-order valence-electron chi connectivity index (χ0n) is 6.26. The van der Waals surface area contributed by atoms with E-state index >= 15 is 0 Å². The van der Waals surface area contributed by atoms with E-state index in [1.165, 1.54) is 0 Å². The summed E-state index contributed by atoms with van der Waals surface area (Å²) in [6, 6.07) is 0. The molecule has 9 heteroatoms. The van der Waals surface area contributed by atoms with Gasteiger partial charge in [-0.15, -0.1) is 4.40 Å². The fourth-order valence-corrected chi connectivity index (χ4v) is 0.441. The third-order valence-corrected chi connectivity index (χ3v) is 0.698. The minimum Gasteiger partial charge on any atom is -0.481 e. The number of carbonyl (C=O) groups is 1. The Bertz CT molecular complexity index is 260. The van der Waals surface area contributed by atoms with Gasteiger partial charge in [0.2, 0.25) is 5.96 Å². The van der Waals surface area contributed by atoms with E-state index in [9.17, 15) is 8.42 Å². The van der Waals surface area contributed by atoms with Gasteiger partial charge in [0.1, 0.15) is 0 Å². The number of hydrogen-bond acceptors (Lipinski definition) is 3. The van der Waals surface area contributed by atoms with Gasteiger partial charge in [-0.2, -0.15) is 8.42 Å². The maximum atomic E-state index is 9.87. The van der Waals surface area contributed by atoms with Gasteiger partial charge in [-0.25, -0.2) is 5.14 Å². The van der Waals surface area contributed by atoms with Crippen LogP contribution in [0, 0.1) is 0 Å². The SMILES string of the molecule is CC(=O)O.NC(N)=NS(N)(=O)=O. The normalized spacial score (nSPS) is 9.17. The summed E-state index contributed by atoms with van der Waals surface area (Å²) >= 11 is 0. The summed E-state index contributed by atoms with van der Waals surface area (Å²) in [4.78, 5) is 9.00. The summed E-state index contributed by atoms with van der Waals surface area (Å²) in [5.41, 5.74) is 9.29. The molecule has 12 heavy (non-hydrogen) atoms. The maximum Gasteiger partial charge on any atom is 0.320 e. The summed E-state index contributed by atoms with van der Waals surface area (Å²) < 4.78 is 22.4. The lowest BCUT2D eigenvalue weighted by Gasteiger charge is -1.85. The second-order valence-corrected chi connectivity index (χ2v) is 2.76. The van der Waals surface area contributed by atoms with E-state index in [-0.39, 0.29) is 0 Å². The van der Waals surface area contributed by atoms with E-state index in [1.54, 1.807) is 0 Å². The lowest BCUT2D eigenvalue weighted by molar-refractivity contribution is -0.134. The van der Waals surface area contributed by atoms with E-state index in [0.717, 1.165) is 6.92 Å². The molecule has 0 rings (SSSR count). The maximum absolute atomic E-state index is 9.87. The molecule has 0 fully saturated rings. The highest BCUT2D eigenvalue weighted by Gasteiger charge is 1.94. The third kappa shape index (κ3) is 38.0. The molecular formula is C3H10N4O4S. The van der Waals surface area contributed by atoms with Crippen LogP contribution in [0.4, 0.5) is 0 Å². The van der Waals surface area contributed by atoms with E-state index in [4.69, 9.17) is 9.90 Å². The Morgan fingerprint density at radius 1 is 1.42 bits per heavy atom. The highest BCUT2D eigenvalue weighted by atomic mass is 32.2. The van der Waals surface area contributed by atoms with Crippen molar-refractivity contribution in [3.05, 3.63) is 0 Å². The smallest absolute Gasteiger partial charge is 0.320 e. The highest BCUT2D eigenvalue weighted by Crippen LogP contribution is 1.72. The first-order valence-electron chi connectivity index (χ1n) is 2.48. The van der Waals surface area contributed by atoms with Crippen molar-refractivity contribution in [1.82, 2.24) is 0 Å². The first-order chi connectivity index (χ1) is 5.15. The molecular weight excluding hydrogens is 188 g/mol. The van der Waals surface area contributed by atoms with Crippen molar-refractivity contribution in [3.8, 4) is 0 Å². The van der Waals surface area contributed by atoms with Gasteiger partial charge >= 0.3 is 10.2 Å².